The van der Waals surface area contributed by atoms with Crippen molar-refractivity contribution in [2.45, 2.75) is 89.6 Å². The zero-order valence-corrected chi connectivity index (χ0v) is 16.1. The number of hydrogen-bond acceptors (Lipinski definition) is 3. The maximum absolute atomic E-state index is 12.3. The first kappa shape index (κ1) is 22.3. The lowest BCUT2D eigenvalue weighted by Crippen LogP contribution is -2.22. The highest BCUT2D eigenvalue weighted by atomic mass is 32.2. The van der Waals surface area contributed by atoms with Crippen LogP contribution in [0.1, 0.15) is 72.6 Å². The third-order valence-corrected chi connectivity index (χ3v) is 4.97. The molecule has 0 amide bonds. The highest BCUT2D eigenvalue weighted by molar-refractivity contribution is 7.85. The lowest BCUT2D eigenvalue weighted by atomic mass is 10.0. The molecule has 0 fully saturated rings. The standard InChI is InChI=1S/C18H33NO3S/c1-7-10-16(20)14-15(19-23(21)18(3,4)5)12-9-13-17(22-6)11-8-2/h2,16-17,20H,7,9-14H2,1,3-6H3/b19-15-/t16-,17?,23-/m1/s1. The Kier molecular flexibility index (Phi) is 11.4. The monoisotopic (exact) mass is 343 g/mol. The van der Waals surface area contributed by atoms with Gasteiger partial charge in [0.15, 0.2) is 0 Å². The van der Waals surface area contributed by atoms with Crippen LogP contribution in [0.25, 0.3) is 0 Å². The van der Waals surface area contributed by atoms with Gasteiger partial charge in [-0.2, -0.15) is 4.40 Å². The van der Waals surface area contributed by atoms with Crippen LogP contribution in [0, 0.1) is 12.3 Å². The van der Waals surface area contributed by atoms with Crippen molar-refractivity contribution in [3.63, 3.8) is 0 Å². The molecule has 0 radical (unpaired) electrons. The average Bonchev–Trinajstić information content (AvgIpc) is 2.45. The van der Waals surface area contributed by atoms with Crippen molar-refractivity contribution in [3.8, 4) is 12.3 Å². The predicted molar refractivity (Wildman–Crippen MR) is 99.0 cm³/mol. The molecule has 5 heteroatoms. The van der Waals surface area contributed by atoms with Gasteiger partial charge in [0.1, 0.15) is 11.0 Å². The van der Waals surface area contributed by atoms with Gasteiger partial charge in [0, 0.05) is 25.7 Å². The van der Waals surface area contributed by atoms with E-state index in [1.165, 1.54) is 0 Å². The van der Waals surface area contributed by atoms with E-state index < -0.39 is 17.1 Å². The third-order valence-electron chi connectivity index (χ3n) is 3.50. The number of aliphatic hydroxyl groups excluding tert-OH is 1. The topological polar surface area (TPSA) is 58.9 Å². The number of hydrogen-bond donors (Lipinski definition) is 1. The molecule has 0 aromatic rings. The zero-order valence-electron chi connectivity index (χ0n) is 15.3. The quantitative estimate of drug-likeness (QED) is 0.460. The first-order valence-electron chi connectivity index (χ1n) is 8.37. The van der Waals surface area contributed by atoms with Crippen molar-refractivity contribution in [3.05, 3.63) is 0 Å². The Balaban J connectivity index is 4.76. The van der Waals surface area contributed by atoms with Gasteiger partial charge in [-0.3, -0.25) is 0 Å². The van der Waals surface area contributed by atoms with E-state index in [0.717, 1.165) is 31.4 Å². The Hall–Kier alpha value is -0.700. The molecule has 0 heterocycles. The van der Waals surface area contributed by atoms with Crippen molar-refractivity contribution in [2.24, 2.45) is 4.40 Å². The minimum atomic E-state index is -1.29. The molecule has 0 aliphatic rings. The Labute approximate surface area is 144 Å². The van der Waals surface area contributed by atoms with E-state index >= 15 is 0 Å². The fourth-order valence-corrected chi connectivity index (χ4v) is 2.79. The molecule has 134 valence electrons. The second-order valence-electron chi connectivity index (χ2n) is 6.82. The number of rotatable bonds is 11. The molecule has 0 rings (SSSR count). The van der Waals surface area contributed by atoms with E-state index in [-0.39, 0.29) is 10.9 Å². The molecule has 0 saturated carbocycles. The van der Waals surface area contributed by atoms with Crippen molar-refractivity contribution >= 4 is 16.7 Å². The first-order valence-corrected chi connectivity index (χ1v) is 9.48. The molecule has 1 N–H and O–H groups in total. The molecule has 23 heavy (non-hydrogen) atoms. The van der Waals surface area contributed by atoms with E-state index in [2.05, 4.69) is 10.3 Å². The Morgan fingerprint density at radius 3 is 2.52 bits per heavy atom. The second kappa shape index (κ2) is 11.8. The van der Waals surface area contributed by atoms with Crippen molar-refractivity contribution < 1.29 is 14.1 Å². The fourth-order valence-electron chi connectivity index (χ4n) is 2.11. The summed E-state index contributed by atoms with van der Waals surface area (Å²) in [5, 5.41) is 10.0. The molecule has 1 unspecified atom stereocenters. The molecule has 0 aromatic carbocycles. The SMILES string of the molecule is C#CCC(CCC/C(C[C@H](O)CCC)=N/[S@](=O)C(C)(C)C)OC. The zero-order chi connectivity index (χ0) is 17.9. The van der Waals surface area contributed by atoms with Crippen LogP contribution in [0.4, 0.5) is 0 Å². The van der Waals surface area contributed by atoms with Crippen LogP contribution in [0.3, 0.4) is 0 Å². The molecule has 3 atom stereocenters. The summed E-state index contributed by atoms with van der Waals surface area (Å²) < 4.78 is 21.6. The second-order valence-corrected chi connectivity index (χ2v) is 8.73. The molecule has 0 aliphatic carbocycles. The summed E-state index contributed by atoms with van der Waals surface area (Å²) in [4.78, 5) is 0. The summed E-state index contributed by atoms with van der Waals surface area (Å²) in [6.07, 6.45) is 10.1. The van der Waals surface area contributed by atoms with Crippen LogP contribution in [0.2, 0.25) is 0 Å². The van der Waals surface area contributed by atoms with Gasteiger partial charge >= 0.3 is 0 Å². The summed E-state index contributed by atoms with van der Waals surface area (Å²) in [5.74, 6) is 2.61. The first-order chi connectivity index (χ1) is 10.7. The van der Waals surface area contributed by atoms with E-state index in [4.69, 9.17) is 11.2 Å². The van der Waals surface area contributed by atoms with E-state index in [1.54, 1.807) is 7.11 Å². The van der Waals surface area contributed by atoms with Crippen molar-refractivity contribution in [1.82, 2.24) is 0 Å². The molecule has 0 saturated heterocycles. The van der Waals surface area contributed by atoms with Crippen molar-refractivity contribution in [1.29, 1.82) is 0 Å². The smallest absolute Gasteiger partial charge is 0.144 e. The van der Waals surface area contributed by atoms with E-state index in [0.29, 0.717) is 19.3 Å². The minimum absolute atomic E-state index is 0.0509. The maximum Gasteiger partial charge on any atom is 0.144 e. The molecule has 0 bridgehead atoms. The summed E-state index contributed by atoms with van der Waals surface area (Å²) in [6, 6.07) is 0. The van der Waals surface area contributed by atoms with Crippen LogP contribution in [0.5, 0.6) is 0 Å². The molecular weight excluding hydrogens is 310 g/mol. The average molecular weight is 344 g/mol. The number of ether oxygens (including phenoxy) is 1. The van der Waals surface area contributed by atoms with Gasteiger partial charge in [0.05, 0.1) is 17.0 Å². The van der Waals surface area contributed by atoms with Crippen LogP contribution in [0.15, 0.2) is 4.40 Å². The molecule has 4 nitrogen and oxygen atoms in total. The lowest BCUT2D eigenvalue weighted by molar-refractivity contribution is 0.0981. The molecular formula is C18H33NO3S. The molecule has 0 aromatic heterocycles. The lowest BCUT2D eigenvalue weighted by Gasteiger charge is -2.17. The van der Waals surface area contributed by atoms with Gasteiger partial charge in [-0.15, -0.1) is 12.3 Å². The van der Waals surface area contributed by atoms with Gasteiger partial charge in [-0.25, -0.2) is 4.21 Å². The van der Waals surface area contributed by atoms with Crippen molar-refractivity contribution in [2.75, 3.05) is 7.11 Å². The van der Waals surface area contributed by atoms with Gasteiger partial charge in [0.2, 0.25) is 0 Å². The van der Waals surface area contributed by atoms with E-state index in [9.17, 15) is 9.32 Å². The third kappa shape index (κ3) is 10.6. The predicted octanol–water partition coefficient (Wildman–Crippen LogP) is 3.65. The summed E-state index contributed by atoms with van der Waals surface area (Å²) in [5.41, 5.74) is 0.828. The van der Waals surface area contributed by atoms with Crippen LogP contribution < -0.4 is 0 Å². The normalized spacial score (nSPS) is 16.7. The van der Waals surface area contributed by atoms with E-state index in [1.807, 2.05) is 27.7 Å². The highest BCUT2D eigenvalue weighted by Crippen LogP contribution is 2.17. The molecule has 0 aliphatic heterocycles. The van der Waals surface area contributed by atoms with Crippen LogP contribution in [-0.2, 0) is 15.7 Å². The van der Waals surface area contributed by atoms with Gasteiger partial charge in [-0.1, -0.05) is 13.3 Å². The van der Waals surface area contributed by atoms with Gasteiger partial charge < -0.3 is 9.84 Å². The number of methoxy groups -OCH3 is 1. The maximum atomic E-state index is 12.3. The largest absolute Gasteiger partial charge is 0.393 e. The number of nitrogens with zero attached hydrogens (tertiary/aromatic N) is 1. The fraction of sp³-hybridized carbons (Fsp3) is 0.833. The minimum Gasteiger partial charge on any atom is -0.393 e. The highest BCUT2D eigenvalue weighted by Gasteiger charge is 2.20. The summed E-state index contributed by atoms with van der Waals surface area (Å²) in [7, 11) is 0.370. The summed E-state index contributed by atoms with van der Waals surface area (Å²) in [6.45, 7) is 7.75. The molecule has 0 spiro atoms. The summed E-state index contributed by atoms with van der Waals surface area (Å²) >= 11 is 0. The van der Waals surface area contributed by atoms with Gasteiger partial charge in [-0.05, 0) is 46.5 Å². The van der Waals surface area contributed by atoms with Crippen LogP contribution >= 0.6 is 0 Å². The number of terminal acetylenes is 1. The Morgan fingerprint density at radius 2 is 2.04 bits per heavy atom. The van der Waals surface area contributed by atoms with Gasteiger partial charge in [0.25, 0.3) is 0 Å². The Bertz CT molecular complexity index is 421. The van der Waals surface area contributed by atoms with Crippen LogP contribution in [-0.4, -0.2) is 39.1 Å². The Morgan fingerprint density at radius 1 is 1.39 bits per heavy atom. The number of aliphatic hydroxyl groups is 1.